The molecule has 0 aromatic heterocycles. The zero-order chi connectivity index (χ0) is 24.7. The summed E-state index contributed by atoms with van der Waals surface area (Å²) in [6.07, 6.45) is 9.33. The van der Waals surface area contributed by atoms with Gasteiger partial charge in [-0.15, -0.1) is 12.4 Å². The van der Waals surface area contributed by atoms with Crippen LogP contribution in [0, 0.1) is 34.5 Å². The van der Waals surface area contributed by atoms with Gasteiger partial charge in [0.1, 0.15) is 0 Å². The van der Waals surface area contributed by atoms with Crippen LogP contribution in [0.4, 0.5) is 0 Å². The maximum Gasteiger partial charge on any atom is 0.232 e. The van der Waals surface area contributed by atoms with Crippen LogP contribution in [0.2, 0.25) is 0 Å². The molecule has 3 saturated carbocycles. The van der Waals surface area contributed by atoms with E-state index >= 15 is 0 Å². The number of thiocarbonyl (C=S) groups is 1. The van der Waals surface area contributed by atoms with Crippen molar-refractivity contribution in [1.82, 2.24) is 20.4 Å². The summed E-state index contributed by atoms with van der Waals surface area (Å²) in [5.41, 5.74) is 0.270. The Bertz CT molecular complexity index is 810. The van der Waals surface area contributed by atoms with E-state index in [0.717, 1.165) is 51.6 Å². The van der Waals surface area contributed by atoms with Crippen LogP contribution < -0.4 is 10.6 Å². The summed E-state index contributed by atoms with van der Waals surface area (Å²) >= 11 is 5.67. The van der Waals surface area contributed by atoms with Crippen LogP contribution in [0.1, 0.15) is 78.6 Å². The first kappa shape index (κ1) is 28.6. The summed E-state index contributed by atoms with van der Waals surface area (Å²) in [6, 6.07) is 0.336. The van der Waals surface area contributed by atoms with Gasteiger partial charge in [0.15, 0.2) is 5.11 Å². The minimum atomic E-state index is 0. The molecule has 200 valence electrons. The van der Waals surface area contributed by atoms with Gasteiger partial charge < -0.3 is 15.5 Å². The number of carbonyl (C=O) groups excluding carboxylic acids is 2. The molecule has 8 heteroatoms. The molecular weight excluding hydrogens is 480 g/mol. The number of piperidine rings is 1. The largest absolute Gasteiger partial charge is 0.362 e. The van der Waals surface area contributed by atoms with E-state index in [1.807, 2.05) is 11.8 Å². The minimum absolute atomic E-state index is 0. The Morgan fingerprint density at radius 2 is 1.77 bits per heavy atom. The molecule has 0 bridgehead atoms. The minimum Gasteiger partial charge on any atom is -0.362 e. The molecule has 0 aromatic carbocycles. The van der Waals surface area contributed by atoms with Crippen molar-refractivity contribution in [3.05, 3.63) is 0 Å². The molecule has 4 aliphatic rings. The van der Waals surface area contributed by atoms with Crippen LogP contribution >= 0.6 is 24.6 Å². The summed E-state index contributed by atoms with van der Waals surface area (Å²) in [4.78, 5) is 30.2. The molecule has 4 rings (SSSR count). The van der Waals surface area contributed by atoms with Gasteiger partial charge in [0, 0.05) is 31.5 Å². The summed E-state index contributed by atoms with van der Waals surface area (Å²) in [7, 11) is 4.14. The van der Waals surface area contributed by atoms with Crippen LogP contribution in [-0.4, -0.2) is 66.5 Å². The van der Waals surface area contributed by atoms with Crippen molar-refractivity contribution < 1.29 is 9.59 Å². The number of amides is 2. The number of carbonyl (C=O) groups is 2. The third-order valence-corrected chi connectivity index (χ3v) is 10.6. The fourth-order valence-corrected chi connectivity index (χ4v) is 8.73. The molecule has 0 spiro atoms. The number of nitrogens with zero attached hydrogens (tertiary/aromatic N) is 2. The first-order valence-electron chi connectivity index (χ1n) is 13.6. The van der Waals surface area contributed by atoms with E-state index < -0.39 is 0 Å². The molecule has 6 nitrogen and oxygen atoms in total. The average Bonchev–Trinajstić information content (AvgIpc) is 3.14. The van der Waals surface area contributed by atoms with Crippen molar-refractivity contribution in [2.45, 2.75) is 84.6 Å². The fourth-order valence-electron chi connectivity index (χ4n) is 8.40. The van der Waals surface area contributed by atoms with E-state index in [-0.39, 0.29) is 41.0 Å². The summed E-state index contributed by atoms with van der Waals surface area (Å²) in [5.74, 6) is 2.49. The number of nitrogens with one attached hydrogen (secondary N) is 2. The lowest BCUT2D eigenvalue weighted by Crippen LogP contribution is -2.61. The molecule has 0 radical (unpaired) electrons. The zero-order valence-corrected chi connectivity index (χ0v) is 24.0. The third kappa shape index (κ3) is 5.24. The molecule has 1 heterocycles. The molecular formula is C27H47ClN4O2S. The Morgan fingerprint density at radius 1 is 1.06 bits per heavy atom. The van der Waals surface area contributed by atoms with Crippen molar-refractivity contribution >= 4 is 41.6 Å². The highest BCUT2D eigenvalue weighted by molar-refractivity contribution is 7.80. The van der Waals surface area contributed by atoms with Crippen LogP contribution in [0.25, 0.3) is 0 Å². The maximum atomic E-state index is 14.0. The highest BCUT2D eigenvalue weighted by atomic mass is 35.5. The lowest BCUT2D eigenvalue weighted by atomic mass is 9.47. The highest BCUT2D eigenvalue weighted by Gasteiger charge is 2.61. The van der Waals surface area contributed by atoms with Gasteiger partial charge in [-0.1, -0.05) is 13.8 Å². The first-order valence-corrected chi connectivity index (χ1v) is 14.1. The van der Waals surface area contributed by atoms with E-state index in [0.29, 0.717) is 41.9 Å². The lowest BCUT2D eigenvalue weighted by molar-refractivity contribution is -0.145. The standard InChI is InChI=1S/C27H46N4O2S.ClH/c1-6-28-25(34)31(17-7-16-30(4)5)24(33)21-10-9-19-18-8-11-22-27(3,15-13-23(32)29-22)20(18)12-14-26(19,21)2;/h18-22H,6-17H2,1-5H3,(H,28,34)(H,29,32);1H/t18-,19-,20-,21+,22+,26-,27+;/m0./s1. The van der Waals surface area contributed by atoms with Gasteiger partial charge >= 0.3 is 0 Å². The van der Waals surface area contributed by atoms with Crippen LogP contribution in [0.5, 0.6) is 0 Å². The topological polar surface area (TPSA) is 64.7 Å². The van der Waals surface area contributed by atoms with E-state index in [2.05, 4.69) is 43.5 Å². The summed E-state index contributed by atoms with van der Waals surface area (Å²) in [5, 5.41) is 7.17. The Kier molecular flexibility index (Phi) is 9.18. The van der Waals surface area contributed by atoms with Crippen molar-refractivity contribution in [1.29, 1.82) is 0 Å². The molecule has 2 amide bonds. The second kappa shape index (κ2) is 11.2. The highest BCUT2D eigenvalue weighted by Crippen LogP contribution is 2.65. The Labute approximate surface area is 224 Å². The van der Waals surface area contributed by atoms with Crippen LogP contribution in [0.15, 0.2) is 0 Å². The fraction of sp³-hybridized carbons (Fsp3) is 0.889. The molecule has 3 aliphatic carbocycles. The molecule has 4 fully saturated rings. The summed E-state index contributed by atoms with van der Waals surface area (Å²) in [6.45, 7) is 9.26. The van der Waals surface area contributed by atoms with E-state index in [1.54, 1.807) is 0 Å². The van der Waals surface area contributed by atoms with Crippen molar-refractivity contribution in [2.75, 3.05) is 33.7 Å². The van der Waals surface area contributed by atoms with Gasteiger partial charge in [-0.3, -0.25) is 14.5 Å². The average molecular weight is 527 g/mol. The molecule has 35 heavy (non-hydrogen) atoms. The van der Waals surface area contributed by atoms with Gasteiger partial charge in [-0.2, -0.15) is 0 Å². The molecule has 0 aromatic rings. The summed E-state index contributed by atoms with van der Waals surface area (Å²) < 4.78 is 0. The van der Waals surface area contributed by atoms with Gasteiger partial charge in [-0.05, 0) is 120 Å². The van der Waals surface area contributed by atoms with Gasteiger partial charge in [0.2, 0.25) is 11.8 Å². The first-order chi connectivity index (χ1) is 16.1. The molecule has 2 N–H and O–H groups in total. The Morgan fingerprint density at radius 3 is 2.46 bits per heavy atom. The molecule has 0 unspecified atom stereocenters. The van der Waals surface area contributed by atoms with Gasteiger partial charge in [-0.25, -0.2) is 0 Å². The SMILES string of the molecule is CCNC(=S)N(CCCN(C)C)C(=O)[C@H]1CC[C@H]2[C@@H]3CC[C@H]4NC(=O)CC[C@]4(C)[C@H]3CC[C@]12C.Cl. The van der Waals surface area contributed by atoms with Gasteiger partial charge in [0.05, 0.1) is 0 Å². The lowest BCUT2D eigenvalue weighted by Gasteiger charge is -2.60. The number of rotatable bonds is 6. The third-order valence-electron chi connectivity index (χ3n) is 10.2. The maximum absolute atomic E-state index is 14.0. The van der Waals surface area contributed by atoms with Gasteiger partial charge in [0.25, 0.3) is 0 Å². The van der Waals surface area contributed by atoms with E-state index in [9.17, 15) is 9.59 Å². The number of halogens is 1. The predicted molar refractivity (Wildman–Crippen MR) is 147 cm³/mol. The smallest absolute Gasteiger partial charge is 0.232 e. The van der Waals surface area contributed by atoms with Crippen molar-refractivity contribution in [3.8, 4) is 0 Å². The van der Waals surface area contributed by atoms with Crippen LogP contribution in [0.3, 0.4) is 0 Å². The number of fused-ring (bicyclic) bond motifs is 5. The van der Waals surface area contributed by atoms with E-state index in [4.69, 9.17) is 12.2 Å². The molecule has 1 aliphatic heterocycles. The second-order valence-electron chi connectivity index (χ2n) is 12.2. The zero-order valence-electron chi connectivity index (χ0n) is 22.4. The number of hydrogen-bond acceptors (Lipinski definition) is 4. The quantitative estimate of drug-likeness (QED) is 0.507. The Hall–Kier alpha value is -0.920. The van der Waals surface area contributed by atoms with Crippen molar-refractivity contribution in [2.24, 2.45) is 34.5 Å². The van der Waals surface area contributed by atoms with Crippen LogP contribution in [-0.2, 0) is 9.59 Å². The normalized spacial score (nSPS) is 37.9. The second-order valence-corrected chi connectivity index (χ2v) is 12.6. The molecule has 1 saturated heterocycles. The predicted octanol–water partition coefficient (Wildman–Crippen LogP) is 4.22. The molecule has 7 atom stereocenters. The van der Waals surface area contributed by atoms with Crippen molar-refractivity contribution in [3.63, 3.8) is 0 Å². The monoisotopic (exact) mass is 526 g/mol. The van der Waals surface area contributed by atoms with E-state index in [1.165, 1.54) is 12.8 Å². The number of hydrogen-bond donors (Lipinski definition) is 2. The Balaban J connectivity index is 0.00000342.